The number of para-hydroxylation sites is 1. The molecule has 100 valence electrons. The summed E-state index contributed by atoms with van der Waals surface area (Å²) >= 11 is 0. The topological polar surface area (TPSA) is 45.5 Å². The Labute approximate surface area is 113 Å². The summed E-state index contributed by atoms with van der Waals surface area (Å²) in [5.74, 6) is 0.557. The predicted molar refractivity (Wildman–Crippen MR) is 75.5 cm³/mol. The average Bonchev–Trinajstić information content (AvgIpc) is 2.86. The first-order valence-electron chi connectivity index (χ1n) is 6.27. The number of amides is 1. The monoisotopic (exact) mass is 258 g/mol. The zero-order valence-electron chi connectivity index (χ0n) is 11.2. The molecule has 1 heterocycles. The first kappa shape index (κ1) is 13.2. The van der Waals surface area contributed by atoms with E-state index in [4.69, 9.17) is 4.42 Å². The SMILES string of the molecule is Cc1occc1C(=O)NCCN(C)c1ccccc1. The number of carbonyl (C=O) groups excluding carboxylic acids is 1. The van der Waals surface area contributed by atoms with Gasteiger partial charge in [0.15, 0.2) is 0 Å². The van der Waals surface area contributed by atoms with Gasteiger partial charge >= 0.3 is 0 Å². The molecule has 0 atom stereocenters. The van der Waals surface area contributed by atoms with Gasteiger partial charge in [0.05, 0.1) is 11.8 Å². The van der Waals surface area contributed by atoms with Gasteiger partial charge in [0, 0.05) is 25.8 Å². The molecule has 0 fully saturated rings. The standard InChI is InChI=1S/C15H18N2O2/c1-12-14(8-11-19-12)15(18)16-9-10-17(2)13-6-4-3-5-7-13/h3-8,11H,9-10H2,1-2H3,(H,16,18). The van der Waals surface area contributed by atoms with E-state index < -0.39 is 0 Å². The fourth-order valence-corrected chi connectivity index (χ4v) is 1.86. The van der Waals surface area contributed by atoms with Gasteiger partial charge in [-0.25, -0.2) is 0 Å². The molecule has 0 spiro atoms. The molecule has 0 aliphatic carbocycles. The van der Waals surface area contributed by atoms with E-state index in [1.54, 1.807) is 13.0 Å². The van der Waals surface area contributed by atoms with E-state index in [1.807, 2.05) is 37.4 Å². The van der Waals surface area contributed by atoms with E-state index in [1.165, 1.54) is 6.26 Å². The van der Waals surface area contributed by atoms with Crippen molar-refractivity contribution in [3.05, 3.63) is 54.0 Å². The largest absolute Gasteiger partial charge is 0.469 e. The average molecular weight is 258 g/mol. The molecule has 4 heteroatoms. The van der Waals surface area contributed by atoms with Crippen LogP contribution in [0.3, 0.4) is 0 Å². The van der Waals surface area contributed by atoms with Gasteiger partial charge in [-0.2, -0.15) is 0 Å². The summed E-state index contributed by atoms with van der Waals surface area (Å²) in [5.41, 5.74) is 1.73. The van der Waals surface area contributed by atoms with E-state index in [9.17, 15) is 4.79 Å². The highest BCUT2D eigenvalue weighted by Crippen LogP contribution is 2.10. The highest BCUT2D eigenvalue weighted by Gasteiger charge is 2.10. The molecule has 4 nitrogen and oxygen atoms in total. The minimum Gasteiger partial charge on any atom is -0.469 e. The normalized spacial score (nSPS) is 10.2. The van der Waals surface area contributed by atoms with Gasteiger partial charge in [-0.1, -0.05) is 18.2 Å². The lowest BCUT2D eigenvalue weighted by Crippen LogP contribution is -2.33. The Hall–Kier alpha value is -2.23. The maximum atomic E-state index is 11.9. The highest BCUT2D eigenvalue weighted by atomic mass is 16.3. The van der Waals surface area contributed by atoms with Crippen LogP contribution in [0, 0.1) is 6.92 Å². The summed E-state index contributed by atoms with van der Waals surface area (Å²) in [5, 5.41) is 2.89. The third kappa shape index (κ3) is 3.37. The summed E-state index contributed by atoms with van der Waals surface area (Å²) < 4.78 is 5.11. The third-order valence-corrected chi connectivity index (χ3v) is 3.03. The Kier molecular flexibility index (Phi) is 4.23. The van der Waals surface area contributed by atoms with Gasteiger partial charge in [0.25, 0.3) is 5.91 Å². The second kappa shape index (κ2) is 6.09. The Morgan fingerprint density at radius 2 is 2.00 bits per heavy atom. The fourth-order valence-electron chi connectivity index (χ4n) is 1.86. The number of furan rings is 1. The maximum absolute atomic E-state index is 11.9. The molecule has 0 saturated carbocycles. The van der Waals surface area contributed by atoms with E-state index in [0.717, 1.165) is 12.2 Å². The summed E-state index contributed by atoms with van der Waals surface area (Å²) in [6, 6.07) is 11.8. The molecule has 0 aliphatic heterocycles. The smallest absolute Gasteiger partial charge is 0.254 e. The zero-order valence-corrected chi connectivity index (χ0v) is 11.2. The first-order chi connectivity index (χ1) is 9.18. The molecule has 2 aromatic rings. The minimum atomic E-state index is -0.0901. The highest BCUT2D eigenvalue weighted by molar-refractivity contribution is 5.95. The molecule has 0 aliphatic rings. The van der Waals surface area contributed by atoms with Crippen molar-refractivity contribution in [2.45, 2.75) is 6.92 Å². The second-order valence-electron chi connectivity index (χ2n) is 4.40. The van der Waals surface area contributed by atoms with Crippen molar-refractivity contribution in [2.24, 2.45) is 0 Å². The van der Waals surface area contributed by atoms with Gasteiger partial charge in [-0.15, -0.1) is 0 Å². The van der Waals surface area contributed by atoms with Gasteiger partial charge in [-0.3, -0.25) is 4.79 Å². The van der Waals surface area contributed by atoms with Crippen molar-refractivity contribution in [2.75, 3.05) is 25.0 Å². The van der Waals surface area contributed by atoms with Crippen LogP contribution in [-0.2, 0) is 0 Å². The van der Waals surface area contributed by atoms with Crippen LogP contribution in [0.5, 0.6) is 0 Å². The van der Waals surface area contributed by atoms with Crippen LogP contribution in [0.2, 0.25) is 0 Å². The molecule has 1 aromatic heterocycles. The Morgan fingerprint density at radius 3 is 2.63 bits per heavy atom. The number of aryl methyl sites for hydroxylation is 1. The van der Waals surface area contributed by atoms with Crippen LogP contribution < -0.4 is 10.2 Å². The Balaban J connectivity index is 1.81. The van der Waals surface area contributed by atoms with Crippen molar-refractivity contribution in [1.82, 2.24) is 5.32 Å². The Morgan fingerprint density at radius 1 is 1.26 bits per heavy atom. The van der Waals surface area contributed by atoms with Crippen molar-refractivity contribution < 1.29 is 9.21 Å². The lowest BCUT2D eigenvalue weighted by Gasteiger charge is -2.19. The van der Waals surface area contributed by atoms with Gasteiger partial charge in [0.1, 0.15) is 5.76 Å². The minimum absolute atomic E-state index is 0.0901. The second-order valence-corrected chi connectivity index (χ2v) is 4.40. The Bertz CT molecular complexity index is 534. The quantitative estimate of drug-likeness (QED) is 0.896. The van der Waals surface area contributed by atoms with E-state index >= 15 is 0 Å². The van der Waals surface area contributed by atoms with Gasteiger partial charge in [0.2, 0.25) is 0 Å². The number of hydrogen-bond donors (Lipinski definition) is 1. The number of nitrogens with one attached hydrogen (secondary N) is 1. The molecule has 1 N–H and O–H groups in total. The van der Waals surface area contributed by atoms with Crippen LogP contribution in [0.1, 0.15) is 16.1 Å². The number of hydrogen-bond acceptors (Lipinski definition) is 3. The molecular formula is C15H18N2O2. The molecular weight excluding hydrogens is 240 g/mol. The number of nitrogens with zero attached hydrogens (tertiary/aromatic N) is 1. The van der Waals surface area contributed by atoms with E-state index in [2.05, 4.69) is 10.2 Å². The van der Waals surface area contributed by atoms with Crippen LogP contribution in [-0.4, -0.2) is 26.0 Å². The number of benzene rings is 1. The zero-order chi connectivity index (χ0) is 13.7. The lowest BCUT2D eigenvalue weighted by molar-refractivity contribution is 0.0953. The van der Waals surface area contributed by atoms with Crippen LogP contribution in [0.15, 0.2) is 47.1 Å². The molecule has 1 aromatic carbocycles. The molecule has 2 rings (SSSR count). The van der Waals surface area contributed by atoms with Crippen molar-refractivity contribution in [3.63, 3.8) is 0 Å². The van der Waals surface area contributed by atoms with Crippen molar-refractivity contribution in [1.29, 1.82) is 0 Å². The molecule has 0 unspecified atom stereocenters. The maximum Gasteiger partial charge on any atom is 0.254 e. The number of carbonyl (C=O) groups is 1. The first-order valence-corrected chi connectivity index (χ1v) is 6.27. The van der Waals surface area contributed by atoms with Gasteiger partial charge < -0.3 is 14.6 Å². The molecule has 1 amide bonds. The molecule has 0 saturated heterocycles. The van der Waals surface area contributed by atoms with Gasteiger partial charge in [-0.05, 0) is 25.1 Å². The van der Waals surface area contributed by atoms with Crippen LogP contribution in [0.4, 0.5) is 5.69 Å². The fraction of sp³-hybridized carbons (Fsp3) is 0.267. The molecule has 0 radical (unpaired) electrons. The summed E-state index contributed by atoms with van der Waals surface area (Å²) in [6.07, 6.45) is 1.53. The number of anilines is 1. The van der Waals surface area contributed by atoms with Crippen LogP contribution in [0.25, 0.3) is 0 Å². The summed E-state index contributed by atoms with van der Waals surface area (Å²) in [7, 11) is 2.00. The van der Waals surface area contributed by atoms with E-state index in [0.29, 0.717) is 17.9 Å². The summed E-state index contributed by atoms with van der Waals surface area (Å²) in [4.78, 5) is 14.0. The molecule has 19 heavy (non-hydrogen) atoms. The number of likely N-dealkylation sites (N-methyl/N-ethyl adjacent to an activating group) is 1. The summed E-state index contributed by atoms with van der Waals surface area (Å²) in [6.45, 7) is 3.13. The van der Waals surface area contributed by atoms with Crippen LogP contribution >= 0.6 is 0 Å². The number of rotatable bonds is 5. The van der Waals surface area contributed by atoms with Crippen molar-refractivity contribution in [3.8, 4) is 0 Å². The van der Waals surface area contributed by atoms with Crippen molar-refractivity contribution >= 4 is 11.6 Å². The van der Waals surface area contributed by atoms with E-state index in [-0.39, 0.29) is 5.91 Å². The third-order valence-electron chi connectivity index (χ3n) is 3.03. The lowest BCUT2D eigenvalue weighted by atomic mass is 10.2. The molecule has 0 bridgehead atoms. The predicted octanol–water partition coefficient (Wildman–Crippen LogP) is 2.45.